The van der Waals surface area contributed by atoms with Gasteiger partial charge in [-0.3, -0.25) is 4.79 Å². The monoisotopic (exact) mass is 264 g/mol. The summed E-state index contributed by atoms with van der Waals surface area (Å²) in [5.41, 5.74) is 0. The Labute approximate surface area is 113 Å². The first-order chi connectivity index (χ1) is 8.74. The molecule has 0 spiro atoms. The maximum absolute atomic E-state index is 11.0. The highest BCUT2D eigenvalue weighted by Crippen LogP contribution is 2.29. The summed E-state index contributed by atoms with van der Waals surface area (Å²) in [6, 6.07) is 7.63. The number of para-hydroxylation sites is 1. The Balaban J connectivity index is 2.46. The first kappa shape index (κ1) is 14.8. The Morgan fingerprint density at radius 1 is 1.33 bits per heavy atom. The Morgan fingerprint density at radius 3 is 2.83 bits per heavy atom. The molecule has 0 amide bonds. The van der Waals surface area contributed by atoms with Crippen LogP contribution in [0.3, 0.4) is 0 Å². The van der Waals surface area contributed by atoms with E-state index in [9.17, 15) is 4.79 Å². The van der Waals surface area contributed by atoms with Gasteiger partial charge in [-0.05, 0) is 18.6 Å². The number of allylic oxidation sites excluding steroid dienone is 1. The average molecular weight is 264 g/mol. The Hall–Kier alpha value is -1.22. The summed E-state index contributed by atoms with van der Waals surface area (Å²) in [5, 5.41) is 0. The summed E-state index contributed by atoms with van der Waals surface area (Å²) in [7, 11) is 0. The van der Waals surface area contributed by atoms with E-state index in [1.165, 1.54) is 19.8 Å². The topological polar surface area (TPSA) is 26.3 Å². The van der Waals surface area contributed by atoms with Crippen LogP contribution >= 0.6 is 11.8 Å². The zero-order valence-corrected chi connectivity index (χ0v) is 11.8. The van der Waals surface area contributed by atoms with Crippen LogP contribution in [0.2, 0.25) is 0 Å². The maximum Gasteiger partial charge on any atom is 0.308 e. The van der Waals surface area contributed by atoms with Gasteiger partial charge in [0.25, 0.3) is 0 Å². The van der Waals surface area contributed by atoms with Crippen molar-refractivity contribution < 1.29 is 9.53 Å². The molecular weight excluding hydrogens is 244 g/mol. The molecule has 98 valence electrons. The second-order valence-electron chi connectivity index (χ2n) is 3.97. The van der Waals surface area contributed by atoms with E-state index in [4.69, 9.17) is 4.74 Å². The van der Waals surface area contributed by atoms with Crippen LogP contribution < -0.4 is 4.74 Å². The lowest BCUT2D eigenvalue weighted by atomic mass is 10.2. The molecule has 1 rings (SSSR count). The molecule has 0 unspecified atom stereocenters. The lowest BCUT2D eigenvalue weighted by Crippen LogP contribution is -2.02. The molecule has 3 heteroatoms. The van der Waals surface area contributed by atoms with E-state index in [0.29, 0.717) is 5.75 Å². The summed E-state index contributed by atoms with van der Waals surface area (Å²) < 4.78 is 5.16. The normalized spacial score (nSPS) is 10.8. The molecule has 0 aromatic heterocycles. The van der Waals surface area contributed by atoms with Crippen molar-refractivity contribution in [3.8, 4) is 5.75 Å². The molecule has 0 aliphatic carbocycles. The van der Waals surface area contributed by atoms with Crippen LogP contribution in [0.25, 0.3) is 0 Å². The Kier molecular flexibility index (Phi) is 7.26. The van der Waals surface area contributed by atoms with Crippen molar-refractivity contribution in [2.24, 2.45) is 0 Å². The van der Waals surface area contributed by atoms with Crippen molar-refractivity contribution in [2.45, 2.75) is 38.0 Å². The van der Waals surface area contributed by atoms with Gasteiger partial charge in [0.1, 0.15) is 5.75 Å². The van der Waals surface area contributed by atoms with Gasteiger partial charge in [-0.1, -0.05) is 44.1 Å². The van der Waals surface area contributed by atoms with Gasteiger partial charge < -0.3 is 4.74 Å². The molecule has 0 saturated carbocycles. The number of thioether (sulfide) groups is 1. The lowest BCUT2D eigenvalue weighted by Gasteiger charge is -2.06. The van der Waals surface area contributed by atoms with E-state index in [1.54, 1.807) is 11.8 Å². The van der Waals surface area contributed by atoms with Gasteiger partial charge in [0, 0.05) is 12.7 Å². The van der Waals surface area contributed by atoms with Crippen molar-refractivity contribution >= 4 is 17.7 Å². The maximum atomic E-state index is 11.0. The van der Waals surface area contributed by atoms with Gasteiger partial charge in [0.05, 0.1) is 4.90 Å². The number of benzene rings is 1. The molecule has 18 heavy (non-hydrogen) atoms. The third-order valence-electron chi connectivity index (χ3n) is 2.33. The van der Waals surface area contributed by atoms with Crippen molar-refractivity contribution in [1.82, 2.24) is 0 Å². The minimum absolute atomic E-state index is 0.276. The molecule has 0 aliphatic rings. The standard InChI is InChI=1S/C15H20O2S/c1-3-4-5-6-9-12-18-15-11-8-7-10-14(15)17-13(2)16/h6-11H,3-5,12H2,1-2H3/b9-6+. The van der Waals surface area contributed by atoms with Crippen LogP contribution in [0.5, 0.6) is 5.75 Å². The number of carbonyl (C=O) groups excluding carboxylic acids is 1. The molecule has 0 aliphatic heterocycles. The van der Waals surface area contributed by atoms with E-state index in [1.807, 2.05) is 24.3 Å². The highest BCUT2D eigenvalue weighted by Gasteiger charge is 2.04. The van der Waals surface area contributed by atoms with Crippen molar-refractivity contribution in [1.29, 1.82) is 0 Å². The van der Waals surface area contributed by atoms with Crippen LogP contribution in [0.4, 0.5) is 0 Å². The molecule has 1 aromatic carbocycles. The molecule has 0 fully saturated rings. The number of hydrogen-bond donors (Lipinski definition) is 0. The fourth-order valence-electron chi connectivity index (χ4n) is 1.45. The number of hydrogen-bond acceptors (Lipinski definition) is 3. The number of ether oxygens (including phenoxy) is 1. The summed E-state index contributed by atoms with van der Waals surface area (Å²) in [6.45, 7) is 3.62. The second-order valence-corrected chi connectivity index (χ2v) is 5.03. The molecule has 0 atom stereocenters. The van der Waals surface area contributed by atoms with Crippen LogP contribution in [-0.2, 0) is 4.79 Å². The number of esters is 1. The molecule has 0 heterocycles. The fourth-order valence-corrected chi connectivity index (χ4v) is 2.29. The summed E-state index contributed by atoms with van der Waals surface area (Å²) >= 11 is 1.68. The predicted octanol–water partition coefficient (Wildman–Crippen LogP) is 4.45. The summed E-state index contributed by atoms with van der Waals surface area (Å²) in [6.07, 6.45) is 8.00. The van der Waals surface area contributed by atoms with E-state index in [0.717, 1.165) is 17.1 Å². The zero-order chi connectivity index (χ0) is 13.2. The van der Waals surface area contributed by atoms with E-state index >= 15 is 0 Å². The van der Waals surface area contributed by atoms with Crippen LogP contribution in [0.1, 0.15) is 33.1 Å². The van der Waals surface area contributed by atoms with Gasteiger partial charge in [0.2, 0.25) is 0 Å². The number of unbranched alkanes of at least 4 members (excludes halogenated alkanes) is 2. The molecule has 0 N–H and O–H groups in total. The van der Waals surface area contributed by atoms with Gasteiger partial charge in [0.15, 0.2) is 0 Å². The van der Waals surface area contributed by atoms with E-state index in [2.05, 4.69) is 19.1 Å². The van der Waals surface area contributed by atoms with Crippen LogP contribution in [-0.4, -0.2) is 11.7 Å². The third kappa shape index (κ3) is 5.92. The van der Waals surface area contributed by atoms with Crippen LogP contribution in [0.15, 0.2) is 41.3 Å². The fraction of sp³-hybridized carbons (Fsp3) is 0.400. The first-order valence-corrected chi connectivity index (χ1v) is 7.28. The summed E-state index contributed by atoms with van der Waals surface area (Å²) in [4.78, 5) is 12.0. The van der Waals surface area contributed by atoms with Crippen molar-refractivity contribution in [3.63, 3.8) is 0 Å². The minimum Gasteiger partial charge on any atom is -0.426 e. The SMILES string of the molecule is CCCC/C=C/CSc1ccccc1OC(C)=O. The van der Waals surface area contributed by atoms with Gasteiger partial charge in [-0.25, -0.2) is 0 Å². The first-order valence-electron chi connectivity index (χ1n) is 6.29. The molecular formula is C15H20O2S. The lowest BCUT2D eigenvalue weighted by molar-refractivity contribution is -0.132. The molecule has 0 saturated heterocycles. The van der Waals surface area contributed by atoms with E-state index in [-0.39, 0.29) is 5.97 Å². The Morgan fingerprint density at radius 2 is 2.11 bits per heavy atom. The van der Waals surface area contributed by atoms with Gasteiger partial charge >= 0.3 is 5.97 Å². The second kappa shape index (κ2) is 8.81. The van der Waals surface area contributed by atoms with Crippen LogP contribution in [0, 0.1) is 0 Å². The van der Waals surface area contributed by atoms with E-state index < -0.39 is 0 Å². The number of carbonyl (C=O) groups is 1. The molecule has 0 bridgehead atoms. The molecule has 1 aromatic rings. The highest BCUT2D eigenvalue weighted by molar-refractivity contribution is 7.99. The third-order valence-corrected chi connectivity index (χ3v) is 3.34. The number of rotatable bonds is 7. The van der Waals surface area contributed by atoms with Gasteiger partial charge in [-0.2, -0.15) is 0 Å². The molecule has 2 nitrogen and oxygen atoms in total. The smallest absolute Gasteiger partial charge is 0.308 e. The highest BCUT2D eigenvalue weighted by atomic mass is 32.2. The van der Waals surface area contributed by atoms with Gasteiger partial charge in [-0.15, -0.1) is 11.8 Å². The average Bonchev–Trinajstić information content (AvgIpc) is 2.35. The minimum atomic E-state index is -0.276. The van der Waals surface area contributed by atoms with Crippen molar-refractivity contribution in [2.75, 3.05) is 5.75 Å². The van der Waals surface area contributed by atoms with Crippen molar-refractivity contribution in [3.05, 3.63) is 36.4 Å². The zero-order valence-electron chi connectivity index (χ0n) is 11.0. The molecule has 0 radical (unpaired) electrons. The Bertz CT molecular complexity index is 399. The summed E-state index contributed by atoms with van der Waals surface area (Å²) in [5.74, 6) is 1.28. The predicted molar refractivity (Wildman–Crippen MR) is 77.1 cm³/mol. The quantitative estimate of drug-likeness (QED) is 0.239. The largest absolute Gasteiger partial charge is 0.426 e.